The fourth-order valence-corrected chi connectivity index (χ4v) is 4.32. The van der Waals surface area contributed by atoms with Gasteiger partial charge in [0.25, 0.3) is 0 Å². The zero-order chi connectivity index (χ0) is 20.8. The van der Waals surface area contributed by atoms with Crippen molar-refractivity contribution in [2.24, 2.45) is 17.8 Å². The normalized spacial score (nSPS) is 21.3. The van der Waals surface area contributed by atoms with Gasteiger partial charge < -0.3 is 4.74 Å². The van der Waals surface area contributed by atoms with Gasteiger partial charge in [-0.15, -0.1) is 0 Å². The third-order valence-electron chi connectivity index (χ3n) is 5.91. The maximum Gasteiger partial charge on any atom is 0.349 e. The molecule has 0 N–H and O–H groups in total. The lowest BCUT2D eigenvalue weighted by Crippen LogP contribution is -2.36. The van der Waals surface area contributed by atoms with E-state index in [4.69, 9.17) is 4.74 Å². The van der Waals surface area contributed by atoms with Gasteiger partial charge >= 0.3 is 5.97 Å². The van der Waals surface area contributed by atoms with Gasteiger partial charge in [0.2, 0.25) is 0 Å². The Bertz CT molecular complexity index is 852. The van der Waals surface area contributed by atoms with Crippen molar-refractivity contribution in [3.05, 3.63) is 77.4 Å². The Labute approximate surface area is 174 Å². The van der Waals surface area contributed by atoms with Crippen molar-refractivity contribution in [2.75, 3.05) is 0 Å². The summed E-state index contributed by atoms with van der Waals surface area (Å²) in [6.45, 7) is 6.57. The monoisotopic (exact) mass is 387 g/mol. The van der Waals surface area contributed by atoms with Crippen molar-refractivity contribution in [1.29, 1.82) is 5.26 Å². The second-order valence-corrected chi connectivity index (χ2v) is 8.36. The Morgan fingerprint density at radius 3 is 2.03 bits per heavy atom. The number of esters is 1. The molecule has 0 bridgehead atoms. The van der Waals surface area contributed by atoms with Crippen molar-refractivity contribution >= 4 is 11.5 Å². The summed E-state index contributed by atoms with van der Waals surface area (Å²) < 4.78 is 5.99. The number of ether oxygens (including phenoxy) is 1. The average Bonchev–Trinajstić information content (AvgIpc) is 2.73. The number of carbonyl (C=O) groups excluding carboxylic acids is 1. The second-order valence-electron chi connectivity index (χ2n) is 8.36. The van der Waals surface area contributed by atoms with E-state index in [-0.39, 0.29) is 11.7 Å². The molecular weight excluding hydrogens is 358 g/mol. The molecule has 3 rings (SSSR count). The molecule has 0 spiro atoms. The summed E-state index contributed by atoms with van der Waals surface area (Å²) in [7, 11) is 0. The lowest BCUT2D eigenvalue weighted by molar-refractivity contribution is -0.150. The maximum atomic E-state index is 13.2. The molecule has 0 amide bonds. The van der Waals surface area contributed by atoms with Crippen molar-refractivity contribution in [3.8, 4) is 6.07 Å². The molecule has 3 heteroatoms. The highest BCUT2D eigenvalue weighted by molar-refractivity contribution is 6.05. The second kappa shape index (κ2) is 9.56. The molecule has 3 unspecified atom stereocenters. The Hall–Kier alpha value is -2.86. The van der Waals surface area contributed by atoms with E-state index in [1.807, 2.05) is 60.7 Å². The van der Waals surface area contributed by atoms with Gasteiger partial charge in [0.15, 0.2) is 0 Å². The van der Waals surface area contributed by atoms with Crippen LogP contribution in [-0.2, 0) is 9.53 Å². The molecule has 1 fully saturated rings. The topological polar surface area (TPSA) is 50.1 Å². The molecule has 0 saturated heterocycles. The van der Waals surface area contributed by atoms with Crippen molar-refractivity contribution in [2.45, 2.75) is 46.1 Å². The minimum Gasteiger partial charge on any atom is -0.458 e. The lowest BCUT2D eigenvalue weighted by Gasteiger charge is -2.36. The number of carbonyl (C=O) groups is 1. The molecule has 29 heavy (non-hydrogen) atoms. The lowest BCUT2D eigenvalue weighted by atomic mass is 9.75. The van der Waals surface area contributed by atoms with Gasteiger partial charge in [-0.2, -0.15) is 5.26 Å². The van der Waals surface area contributed by atoms with Crippen LogP contribution < -0.4 is 0 Å². The van der Waals surface area contributed by atoms with Crippen LogP contribution in [0.2, 0.25) is 0 Å². The van der Waals surface area contributed by atoms with E-state index in [1.165, 1.54) is 0 Å². The molecule has 2 aromatic rings. The van der Waals surface area contributed by atoms with E-state index in [1.54, 1.807) is 0 Å². The molecule has 0 radical (unpaired) electrons. The molecule has 150 valence electrons. The number of rotatable bonds is 5. The van der Waals surface area contributed by atoms with E-state index in [9.17, 15) is 10.1 Å². The van der Waals surface area contributed by atoms with E-state index >= 15 is 0 Å². The van der Waals surface area contributed by atoms with Crippen LogP contribution in [0.3, 0.4) is 0 Å². The third kappa shape index (κ3) is 4.95. The summed E-state index contributed by atoms with van der Waals surface area (Å²) in [5.41, 5.74) is 2.38. The van der Waals surface area contributed by atoms with Crippen LogP contribution in [0.5, 0.6) is 0 Å². The van der Waals surface area contributed by atoms with E-state index in [0.29, 0.717) is 23.3 Å². The predicted octanol–water partition coefficient (Wildman–Crippen LogP) is 6.02. The summed E-state index contributed by atoms with van der Waals surface area (Å²) in [6, 6.07) is 21.3. The molecule has 0 aliphatic heterocycles. The van der Waals surface area contributed by atoms with Gasteiger partial charge in [-0.1, -0.05) is 87.9 Å². The molecule has 3 atom stereocenters. The summed E-state index contributed by atoms with van der Waals surface area (Å²) in [5.74, 6) is 0.796. The van der Waals surface area contributed by atoms with Crippen LogP contribution in [0.4, 0.5) is 0 Å². The predicted molar refractivity (Wildman–Crippen MR) is 116 cm³/mol. The Balaban J connectivity index is 2.00. The van der Waals surface area contributed by atoms with Crippen molar-refractivity contribution in [1.82, 2.24) is 0 Å². The van der Waals surface area contributed by atoms with Crippen LogP contribution in [0.25, 0.3) is 5.57 Å². The van der Waals surface area contributed by atoms with Crippen LogP contribution >= 0.6 is 0 Å². The fraction of sp³-hybridized carbons (Fsp3) is 0.385. The quantitative estimate of drug-likeness (QED) is 0.358. The molecule has 0 aromatic heterocycles. The third-order valence-corrected chi connectivity index (χ3v) is 5.91. The number of hydrogen-bond acceptors (Lipinski definition) is 3. The minimum atomic E-state index is -0.514. The number of nitriles is 1. The average molecular weight is 388 g/mol. The first kappa shape index (κ1) is 20.9. The van der Waals surface area contributed by atoms with Crippen LogP contribution in [0.15, 0.2) is 66.2 Å². The van der Waals surface area contributed by atoms with Gasteiger partial charge in [-0.05, 0) is 41.7 Å². The highest BCUT2D eigenvalue weighted by Gasteiger charge is 2.34. The fourth-order valence-electron chi connectivity index (χ4n) is 4.32. The first-order valence-corrected chi connectivity index (χ1v) is 10.5. The smallest absolute Gasteiger partial charge is 0.349 e. The first-order valence-electron chi connectivity index (χ1n) is 10.5. The summed E-state index contributed by atoms with van der Waals surface area (Å²) >= 11 is 0. The van der Waals surface area contributed by atoms with Crippen LogP contribution in [0.1, 0.15) is 51.2 Å². The van der Waals surface area contributed by atoms with Crippen molar-refractivity contribution < 1.29 is 9.53 Å². The molecular formula is C26H29NO2. The standard InChI is InChI=1S/C26H29NO2/c1-18(2)22-15-14-19(3)16-24(22)29-26(28)23(17-27)25(20-10-6-4-7-11-20)21-12-8-5-9-13-21/h4-13,18-19,22,24H,14-16H2,1-3H3. The summed E-state index contributed by atoms with van der Waals surface area (Å²) in [4.78, 5) is 13.2. The molecule has 0 heterocycles. The molecule has 2 aromatic carbocycles. The summed E-state index contributed by atoms with van der Waals surface area (Å²) in [6.07, 6.45) is 2.95. The van der Waals surface area contributed by atoms with E-state index in [0.717, 1.165) is 30.4 Å². The van der Waals surface area contributed by atoms with Crippen LogP contribution in [-0.4, -0.2) is 12.1 Å². The highest BCUT2D eigenvalue weighted by Crippen LogP contribution is 2.36. The Kier molecular flexibility index (Phi) is 6.88. The SMILES string of the molecule is CC1CCC(C(C)C)C(OC(=O)C(C#N)=C(c2ccccc2)c2ccccc2)C1. The summed E-state index contributed by atoms with van der Waals surface area (Å²) in [5, 5.41) is 9.94. The first-order chi connectivity index (χ1) is 14.0. The number of benzene rings is 2. The maximum absolute atomic E-state index is 13.2. The van der Waals surface area contributed by atoms with Crippen LogP contribution in [0, 0.1) is 29.1 Å². The molecule has 1 saturated carbocycles. The number of hydrogen-bond donors (Lipinski definition) is 0. The largest absolute Gasteiger partial charge is 0.458 e. The Morgan fingerprint density at radius 1 is 1.00 bits per heavy atom. The van der Waals surface area contributed by atoms with Crippen molar-refractivity contribution in [3.63, 3.8) is 0 Å². The van der Waals surface area contributed by atoms with Gasteiger partial charge in [0, 0.05) is 5.57 Å². The van der Waals surface area contributed by atoms with Gasteiger partial charge in [-0.3, -0.25) is 0 Å². The molecule has 1 aliphatic rings. The minimum absolute atomic E-state index is 0.0723. The van der Waals surface area contributed by atoms with Gasteiger partial charge in [0.1, 0.15) is 17.7 Å². The molecule has 3 nitrogen and oxygen atoms in total. The van der Waals surface area contributed by atoms with Gasteiger partial charge in [-0.25, -0.2) is 4.79 Å². The molecule has 1 aliphatic carbocycles. The zero-order valence-corrected chi connectivity index (χ0v) is 17.5. The highest BCUT2D eigenvalue weighted by atomic mass is 16.5. The zero-order valence-electron chi connectivity index (χ0n) is 17.5. The van der Waals surface area contributed by atoms with E-state index in [2.05, 4.69) is 26.8 Å². The number of nitrogens with zero attached hydrogens (tertiary/aromatic N) is 1. The Morgan fingerprint density at radius 2 is 1.55 bits per heavy atom. The van der Waals surface area contributed by atoms with Gasteiger partial charge in [0.05, 0.1) is 0 Å². The van der Waals surface area contributed by atoms with E-state index < -0.39 is 5.97 Å².